The Kier molecular flexibility index (Phi) is 6.82. The molecule has 2 aromatic rings. The lowest BCUT2D eigenvalue weighted by molar-refractivity contribution is 0.214. The number of nitrogens with one attached hydrogen (secondary N) is 2. The van der Waals surface area contributed by atoms with Gasteiger partial charge >= 0.3 is 6.03 Å². The van der Waals surface area contributed by atoms with Crippen LogP contribution in [0.15, 0.2) is 48.5 Å². The number of hydrogen-bond acceptors (Lipinski definition) is 2. The minimum absolute atomic E-state index is 0.0115. The Morgan fingerprint density at radius 2 is 1.75 bits per heavy atom. The maximum absolute atomic E-state index is 11.9. The first-order chi connectivity index (χ1) is 11.6. The van der Waals surface area contributed by atoms with Crippen LogP contribution in [0, 0.1) is 19.8 Å². The van der Waals surface area contributed by atoms with Gasteiger partial charge in [0.15, 0.2) is 0 Å². The number of carbonyl (C=O) groups is 1. The molecule has 128 valence electrons. The van der Waals surface area contributed by atoms with Crippen molar-refractivity contribution in [2.75, 3.05) is 13.2 Å². The summed E-state index contributed by atoms with van der Waals surface area (Å²) < 4.78 is 0. The van der Waals surface area contributed by atoms with E-state index in [2.05, 4.69) is 34.9 Å². The molecular formula is C20H26N2O2. The highest BCUT2D eigenvalue weighted by Gasteiger charge is 2.10. The number of benzene rings is 2. The Balaban J connectivity index is 1.75. The predicted molar refractivity (Wildman–Crippen MR) is 96.9 cm³/mol. The van der Waals surface area contributed by atoms with Gasteiger partial charge in [0.05, 0.1) is 0 Å². The summed E-state index contributed by atoms with van der Waals surface area (Å²) in [4.78, 5) is 11.9. The lowest BCUT2D eigenvalue weighted by Crippen LogP contribution is -2.39. The van der Waals surface area contributed by atoms with Gasteiger partial charge in [-0.15, -0.1) is 0 Å². The van der Waals surface area contributed by atoms with E-state index in [0.717, 1.165) is 12.0 Å². The molecule has 0 radical (unpaired) electrons. The summed E-state index contributed by atoms with van der Waals surface area (Å²) in [5.74, 6) is 0.0115. The van der Waals surface area contributed by atoms with Crippen LogP contribution in [0.4, 0.5) is 4.79 Å². The van der Waals surface area contributed by atoms with Crippen LogP contribution in [0.5, 0.6) is 0 Å². The maximum Gasteiger partial charge on any atom is 0.315 e. The highest BCUT2D eigenvalue weighted by atomic mass is 16.3. The average molecular weight is 326 g/mol. The van der Waals surface area contributed by atoms with E-state index in [1.54, 1.807) is 0 Å². The Hall–Kier alpha value is -2.33. The van der Waals surface area contributed by atoms with E-state index >= 15 is 0 Å². The molecule has 24 heavy (non-hydrogen) atoms. The Morgan fingerprint density at radius 1 is 1.00 bits per heavy atom. The fourth-order valence-corrected chi connectivity index (χ4v) is 2.56. The van der Waals surface area contributed by atoms with Gasteiger partial charge in [0, 0.05) is 25.6 Å². The van der Waals surface area contributed by atoms with Crippen molar-refractivity contribution in [3.63, 3.8) is 0 Å². The molecule has 0 spiro atoms. The molecule has 0 aliphatic carbocycles. The van der Waals surface area contributed by atoms with Crippen LogP contribution >= 0.6 is 0 Å². The van der Waals surface area contributed by atoms with Gasteiger partial charge in [-0.2, -0.15) is 0 Å². The molecule has 2 rings (SSSR count). The van der Waals surface area contributed by atoms with Gasteiger partial charge in [-0.25, -0.2) is 4.79 Å². The number of urea groups is 1. The van der Waals surface area contributed by atoms with Crippen molar-refractivity contribution in [3.05, 3.63) is 70.8 Å². The zero-order chi connectivity index (χ0) is 17.4. The molecule has 0 fully saturated rings. The average Bonchev–Trinajstić information content (AvgIpc) is 2.58. The molecular weight excluding hydrogens is 300 g/mol. The van der Waals surface area contributed by atoms with Crippen molar-refractivity contribution in [1.29, 1.82) is 0 Å². The molecule has 0 heterocycles. The van der Waals surface area contributed by atoms with Crippen LogP contribution in [0.3, 0.4) is 0 Å². The molecule has 4 nitrogen and oxygen atoms in total. The zero-order valence-electron chi connectivity index (χ0n) is 14.4. The van der Waals surface area contributed by atoms with Gasteiger partial charge in [-0.1, -0.05) is 59.7 Å². The normalized spacial score (nSPS) is 11.8. The van der Waals surface area contributed by atoms with Crippen LogP contribution in [0.1, 0.15) is 22.3 Å². The molecule has 1 atom stereocenters. The van der Waals surface area contributed by atoms with E-state index in [1.807, 2.05) is 38.1 Å². The van der Waals surface area contributed by atoms with Crippen molar-refractivity contribution in [2.24, 2.45) is 5.92 Å². The van der Waals surface area contributed by atoms with Crippen LogP contribution in [-0.2, 0) is 13.0 Å². The molecule has 0 aromatic heterocycles. The van der Waals surface area contributed by atoms with Crippen molar-refractivity contribution < 1.29 is 9.90 Å². The molecule has 0 unspecified atom stereocenters. The number of hydrogen-bond donors (Lipinski definition) is 3. The predicted octanol–water partition coefficient (Wildman–Crippen LogP) is 2.95. The standard InChI is InChI=1S/C20H26N2O2/c1-15-6-8-17(9-7-15)11-19(14-23)13-22-20(24)21-12-18-5-3-4-16(2)10-18/h3-10,19,23H,11-14H2,1-2H3,(H2,21,22,24)/t19-/m0/s1. The first kappa shape index (κ1) is 18.0. The van der Waals surface area contributed by atoms with E-state index in [9.17, 15) is 9.90 Å². The summed E-state index contributed by atoms with van der Waals surface area (Å²) in [7, 11) is 0. The summed E-state index contributed by atoms with van der Waals surface area (Å²) in [6.45, 7) is 5.07. The fourth-order valence-electron chi connectivity index (χ4n) is 2.56. The first-order valence-corrected chi connectivity index (χ1v) is 8.30. The summed E-state index contributed by atoms with van der Waals surface area (Å²) in [6.07, 6.45) is 0.745. The van der Waals surface area contributed by atoms with Crippen LogP contribution in [0.25, 0.3) is 0 Å². The van der Waals surface area contributed by atoms with Gasteiger partial charge < -0.3 is 15.7 Å². The fraction of sp³-hybridized carbons (Fsp3) is 0.350. The van der Waals surface area contributed by atoms with Crippen LogP contribution in [-0.4, -0.2) is 24.3 Å². The second-order valence-corrected chi connectivity index (χ2v) is 6.29. The van der Waals surface area contributed by atoms with E-state index in [0.29, 0.717) is 13.1 Å². The van der Waals surface area contributed by atoms with Crippen molar-refractivity contribution in [2.45, 2.75) is 26.8 Å². The van der Waals surface area contributed by atoms with Crippen molar-refractivity contribution >= 4 is 6.03 Å². The minimum Gasteiger partial charge on any atom is -0.396 e. The lowest BCUT2D eigenvalue weighted by atomic mass is 9.99. The third kappa shape index (κ3) is 6.05. The van der Waals surface area contributed by atoms with Crippen molar-refractivity contribution in [3.8, 4) is 0 Å². The highest BCUT2D eigenvalue weighted by molar-refractivity contribution is 5.73. The molecule has 0 aliphatic rings. The quantitative estimate of drug-likeness (QED) is 0.732. The van der Waals surface area contributed by atoms with E-state index < -0.39 is 0 Å². The molecule has 3 N–H and O–H groups in total. The van der Waals surface area contributed by atoms with E-state index in [1.165, 1.54) is 16.7 Å². The number of rotatable bonds is 7. The zero-order valence-corrected chi connectivity index (χ0v) is 14.4. The second-order valence-electron chi connectivity index (χ2n) is 6.29. The van der Waals surface area contributed by atoms with E-state index in [-0.39, 0.29) is 18.6 Å². The summed E-state index contributed by atoms with van der Waals surface area (Å²) >= 11 is 0. The smallest absolute Gasteiger partial charge is 0.315 e. The Morgan fingerprint density at radius 3 is 2.42 bits per heavy atom. The summed E-state index contributed by atoms with van der Waals surface area (Å²) in [5, 5.41) is 15.2. The Bertz CT molecular complexity index is 653. The molecule has 0 bridgehead atoms. The summed E-state index contributed by atoms with van der Waals surface area (Å²) in [5.41, 5.74) is 4.63. The SMILES string of the molecule is Cc1ccc(C[C@H](CO)CNC(=O)NCc2cccc(C)c2)cc1. The Labute approximate surface area is 143 Å². The van der Waals surface area contributed by atoms with Gasteiger partial charge in [0.2, 0.25) is 0 Å². The number of aliphatic hydroxyl groups is 1. The minimum atomic E-state index is -0.209. The lowest BCUT2D eigenvalue weighted by Gasteiger charge is -2.16. The van der Waals surface area contributed by atoms with Crippen LogP contribution in [0.2, 0.25) is 0 Å². The third-order valence-corrected chi connectivity index (χ3v) is 3.99. The van der Waals surface area contributed by atoms with Crippen LogP contribution < -0.4 is 10.6 Å². The molecule has 2 aromatic carbocycles. The van der Waals surface area contributed by atoms with Gasteiger partial charge in [0.25, 0.3) is 0 Å². The van der Waals surface area contributed by atoms with Gasteiger partial charge in [0.1, 0.15) is 0 Å². The monoisotopic (exact) mass is 326 g/mol. The number of carbonyl (C=O) groups excluding carboxylic acids is 1. The molecule has 0 saturated heterocycles. The first-order valence-electron chi connectivity index (χ1n) is 8.30. The molecule has 4 heteroatoms. The summed E-state index contributed by atoms with van der Waals surface area (Å²) in [6, 6.07) is 16.1. The van der Waals surface area contributed by atoms with Gasteiger partial charge in [-0.3, -0.25) is 0 Å². The highest BCUT2D eigenvalue weighted by Crippen LogP contribution is 2.09. The number of aryl methyl sites for hydroxylation is 2. The molecule has 0 saturated carbocycles. The van der Waals surface area contributed by atoms with Gasteiger partial charge in [-0.05, 0) is 31.4 Å². The molecule has 0 aliphatic heterocycles. The van der Waals surface area contributed by atoms with E-state index in [4.69, 9.17) is 0 Å². The van der Waals surface area contributed by atoms with Crippen molar-refractivity contribution in [1.82, 2.24) is 10.6 Å². The maximum atomic E-state index is 11.9. The topological polar surface area (TPSA) is 61.4 Å². The second kappa shape index (κ2) is 9.08. The third-order valence-electron chi connectivity index (χ3n) is 3.99. The number of aliphatic hydroxyl groups excluding tert-OH is 1. The number of amides is 2. The molecule has 2 amide bonds. The largest absolute Gasteiger partial charge is 0.396 e.